The number of aromatic nitrogens is 2. The van der Waals surface area contributed by atoms with Crippen LogP contribution in [-0.4, -0.2) is 27.8 Å². The van der Waals surface area contributed by atoms with Gasteiger partial charge >= 0.3 is 5.69 Å². The summed E-state index contributed by atoms with van der Waals surface area (Å²) in [5.74, 6) is 0. The minimum Gasteiger partial charge on any atom is -0.389 e. The van der Waals surface area contributed by atoms with Crippen molar-refractivity contribution in [3.8, 4) is 0 Å². The Hall–Kier alpha value is -1.47. The third-order valence-corrected chi connectivity index (χ3v) is 3.04. The van der Waals surface area contributed by atoms with Crippen LogP contribution in [0.3, 0.4) is 0 Å². The molecule has 1 fully saturated rings. The van der Waals surface area contributed by atoms with E-state index in [1.807, 2.05) is 0 Å². The summed E-state index contributed by atoms with van der Waals surface area (Å²) in [7, 11) is 0. The lowest BCUT2D eigenvalue weighted by Crippen LogP contribution is -2.37. The largest absolute Gasteiger partial charge is 0.389 e. The molecule has 0 saturated carbocycles. The molecule has 1 aromatic rings. The third kappa shape index (κ3) is 2.45. The van der Waals surface area contributed by atoms with Crippen molar-refractivity contribution in [1.82, 2.24) is 9.55 Å². The third-order valence-electron chi connectivity index (χ3n) is 2.82. The normalized spacial score (nSPS) is 16.9. The first kappa shape index (κ1) is 12.0. The van der Waals surface area contributed by atoms with Crippen LogP contribution in [0.25, 0.3) is 0 Å². The molecule has 0 aromatic carbocycles. The topological polar surface area (TPSA) is 90.1 Å². The number of nitrogens with two attached hydrogens (primary N) is 1. The Kier molecular flexibility index (Phi) is 3.39. The van der Waals surface area contributed by atoms with Gasteiger partial charge in [-0.05, 0) is 12.8 Å². The molecule has 0 aliphatic carbocycles. The summed E-state index contributed by atoms with van der Waals surface area (Å²) >= 11 is 4.77. The van der Waals surface area contributed by atoms with Crippen LogP contribution in [0.2, 0.25) is 0 Å². The van der Waals surface area contributed by atoms with Gasteiger partial charge < -0.3 is 10.5 Å². The molecule has 17 heavy (non-hydrogen) atoms. The maximum absolute atomic E-state index is 11.7. The van der Waals surface area contributed by atoms with Crippen LogP contribution in [0.4, 0.5) is 0 Å². The first-order valence-corrected chi connectivity index (χ1v) is 5.73. The van der Waals surface area contributed by atoms with Crippen LogP contribution in [0.5, 0.6) is 0 Å². The van der Waals surface area contributed by atoms with Crippen molar-refractivity contribution in [3.63, 3.8) is 0 Å². The van der Waals surface area contributed by atoms with Crippen molar-refractivity contribution in [2.24, 2.45) is 5.73 Å². The molecule has 1 aliphatic rings. The molecular formula is C10H13N3O3S. The number of aromatic amines is 1. The Labute approximate surface area is 102 Å². The molecule has 0 radical (unpaired) electrons. The fourth-order valence-electron chi connectivity index (χ4n) is 1.90. The van der Waals surface area contributed by atoms with Crippen molar-refractivity contribution in [2.45, 2.75) is 18.9 Å². The molecule has 1 saturated heterocycles. The number of thiocarbonyl (C=S) groups is 1. The second-order valence-corrected chi connectivity index (χ2v) is 4.36. The molecule has 1 aromatic heterocycles. The Balaban J connectivity index is 2.46. The van der Waals surface area contributed by atoms with Gasteiger partial charge in [-0.2, -0.15) is 0 Å². The van der Waals surface area contributed by atoms with E-state index < -0.39 is 11.2 Å². The molecule has 2 rings (SSSR count). The second-order valence-electron chi connectivity index (χ2n) is 3.92. The molecule has 92 valence electrons. The van der Waals surface area contributed by atoms with E-state index in [4.69, 9.17) is 22.7 Å². The smallest absolute Gasteiger partial charge is 0.328 e. The minimum atomic E-state index is -0.536. The molecule has 0 amide bonds. The van der Waals surface area contributed by atoms with Gasteiger partial charge in [0.2, 0.25) is 0 Å². The highest BCUT2D eigenvalue weighted by Crippen LogP contribution is 2.18. The minimum absolute atomic E-state index is 0.00735. The summed E-state index contributed by atoms with van der Waals surface area (Å²) in [6.07, 6.45) is 2.92. The Bertz CT molecular complexity index is 542. The average Bonchev–Trinajstić information content (AvgIpc) is 2.29. The summed E-state index contributed by atoms with van der Waals surface area (Å²) in [6, 6.07) is 0.0289. The summed E-state index contributed by atoms with van der Waals surface area (Å²) in [6.45, 7) is 1.22. The monoisotopic (exact) mass is 255 g/mol. The van der Waals surface area contributed by atoms with E-state index in [-0.39, 0.29) is 16.6 Å². The highest BCUT2D eigenvalue weighted by atomic mass is 32.1. The van der Waals surface area contributed by atoms with Gasteiger partial charge in [0.15, 0.2) is 0 Å². The first-order valence-electron chi connectivity index (χ1n) is 5.32. The average molecular weight is 255 g/mol. The number of H-pyrrole nitrogens is 1. The van der Waals surface area contributed by atoms with Crippen LogP contribution in [0, 0.1) is 0 Å². The lowest BCUT2D eigenvalue weighted by atomic mass is 10.1. The van der Waals surface area contributed by atoms with Crippen LogP contribution in [0.15, 0.2) is 15.8 Å². The zero-order valence-electron chi connectivity index (χ0n) is 9.14. The van der Waals surface area contributed by atoms with Gasteiger partial charge in [0.1, 0.15) is 4.99 Å². The maximum atomic E-state index is 11.7. The summed E-state index contributed by atoms with van der Waals surface area (Å²) in [5.41, 5.74) is 4.64. The zero-order valence-corrected chi connectivity index (χ0v) is 9.96. The van der Waals surface area contributed by atoms with Gasteiger partial charge in [0, 0.05) is 25.5 Å². The van der Waals surface area contributed by atoms with Crippen LogP contribution >= 0.6 is 12.2 Å². The fraction of sp³-hybridized carbons (Fsp3) is 0.500. The molecule has 0 spiro atoms. The van der Waals surface area contributed by atoms with Crippen molar-refractivity contribution in [3.05, 3.63) is 32.6 Å². The predicted octanol–water partition coefficient (Wildman–Crippen LogP) is -0.478. The molecule has 2 heterocycles. The number of nitrogens with zero attached hydrogens (tertiary/aromatic N) is 1. The highest BCUT2D eigenvalue weighted by molar-refractivity contribution is 7.80. The highest BCUT2D eigenvalue weighted by Gasteiger charge is 2.18. The van der Waals surface area contributed by atoms with E-state index in [2.05, 4.69) is 4.98 Å². The van der Waals surface area contributed by atoms with E-state index in [1.54, 1.807) is 0 Å². The van der Waals surface area contributed by atoms with Crippen LogP contribution in [0.1, 0.15) is 24.4 Å². The number of nitrogens with one attached hydrogen (secondary N) is 1. The van der Waals surface area contributed by atoms with Crippen molar-refractivity contribution >= 4 is 17.2 Å². The van der Waals surface area contributed by atoms with Gasteiger partial charge in [0.25, 0.3) is 5.56 Å². The number of hydrogen-bond donors (Lipinski definition) is 2. The van der Waals surface area contributed by atoms with Gasteiger partial charge in [-0.25, -0.2) is 4.79 Å². The fourth-order valence-corrected chi connectivity index (χ4v) is 2.04. The van der Waals surface area contributed by atoms with E-state index in [1.165, 1.54) is 10.8 Å². The molecule has 7 heteroatoms. The van der Waals surface area contributed by atoms with Crippen molar-refractivity contribution in [1.29, 1.82) is 0 Å². The number of rotatable bonds is 2. The Morgan fingerprint density at radius 1 is 1.47 bits per heavy atom. The second kappa shape index (κ2) is 4.80. The van der Waals surface area contributed by atoms with E-state index in [9.17, 15) is 9.59 Å². The Morgan fingerprint density at radius 2 is 2.12 bits per heavy atom. The summed E-state index contributed by atoms with van der Waals surface area (Å²) in [4.78, 5) is 25.4. The predicted molar refractivity (Wildman–Crippen MR) is 66.3 cm³/mol. The van der Waals surface area contributed by atoms with Gasteiger partial charge in [-0.15, -0.1) is 0 Å². The molecule has 0 atom stereocenters. The molecule has 0 unspecified atom stereocenters. The lowest BCUT2D eigenvalue weighted by Gasteiger charge is -2.24. The van der Waals surface area contributed by atoms with Crippen molar-refractivity contribution in [2.75, 3.05) is 13.2 Å². The summed E-state index contributed by atoms with van der Waals surface area (Å²) < 4.78 is 6.71. The first-order chi connectivity index (χ1) is 8.09. The quantitative estimate of drug-likeness (QED) is 0.697. The number of hydrogen-bond acceptors (Lipinski definition) is 4. The molecule has 3 N–H and O–H groups in total. The van der Waals surface area contributed by atoms with Crippen LogP contribution in [-0.2, 0) is 4.74 Å². The van der Waals surface area contributed by atoms with Gasteiger partial charge in [0.05, 0.1) is 5.56 Å². The number of ether oxygens (including phenoxy) is 1. The van der Waals surface area contributed by atoms with Gasteiger partial charge in [-0.1, -0.05) is 12.2 Å². The molecular weight excluding hydrogens is 242 g/mol. The molecule has 1 aliphatic heterocycles. The zero-order chi connectivity index (χ0) is 12.4. The summed E-state index contributed by atoms with van der Waals surface area (Å²) in [5, 5.41) is 0. The Morgan fingerprint density at radius 3 is 2.71 bits per heavy atom. The van der Waals surface area contributed by atoms with Crippen molar-refractivity contribution < 1.29 is 4.74 Å². The maximum Gasteiger partial charge on any atom is 0.328 e. The van der Waals surface area contributed by atoms with E-state index >= 15 is 0 Å². The van der Waals surface area contributed by atoms with E-state index in [0.717, 1.165) is 12.8 Å². The standard InChI is InChI=1S/C10H13N3O3S/c11-8(17)7-5-13(10(15)12-9(7)14)6-1-3-16-4-2-6/h5-6H,1-4H2,(H2,11,17)(H,12,14,15). The lowest BCUT2D eigenvalue weighted by molar-refractivity contribution is 0.0682. The van der Waals surface area contributed by atoms with E-state index in [0.29, 0.717) is 13.2 Å². The molecule has 6 nitrogen and oxygen atoms in total. The van der Waals surface area contributed by atoms with Crippen LogP contribution < -0.4 is 17.0 Å². The van der Waals surface area contributed by atoms with Gasteiger partial charge in [-0.3, -0.25) is 14.3 Å². The SMILES string of the molecule is NC(=S)c1cn(C2CCOCC2)c(=O)[nH]c1=O. The molecule has 0 bridgehead atoms.